The smallest absolute Gasteiger partial charge is 0.0152 e. The van der Waals surface area contributed by atoms with Crippen molar-refractivity contribution in [2.45, 2.75) is 41.0 Å². The molecule has 98 valence electrons. The lowest BCUT2D eigenvalue weighted by Gasteiger charge is -2.06. The second-order valence-corrected chi connectivity index (χ2v) is 3.38. The van der Waals surface area contributed by atoms with Crippen LogP contribution in [0.2, 0.25) is 0 Å². The van der Waals surface area contributed by atoms with E-state index in [1.165, 1.54) is 16.7 Å². The third kappa shape index (κ3) is 4.75. The van der Waals surface area contributed by atoms with Crippen molar-refractivity contribution < 1.29 is 0 Å². The zero-order valence-corrected chi connectivity index (χ0v) is 12.4. The molecule has 0 saturated heterocycles. The quantitative estimate of drug-likeness (QED) is 0.608. The van der Waals surface area contributed by atoms with Crippen LogP contribution in [-0.4, -0.2) is 0 Å². The summed E-state index contributed by atoms with van der Waals surface area (Å²) in [6.45, 7) is 10.2. The van der Waals surface area contributed by atoms with Crippen LogP contribution < -0.4 is 0 Å². The number of aryl methyl sites for hydroxylation is 1. The standard InChI is InChI=1S/C14H14.2C2H6/c1-2-12-8-6-7-11-14(12)13-9-4-3-5-10-13;2*1-2/h3-11H,2H2,1H3;2*1-2H3. The first-order chi connectivity index (χ1) is 8.92. The lowest BCUT2D eigenvalue weighted by molar-refractivity contribution is 1.14. The van der Waals surface area contributed by atoms with Gasteiger partial charge in [0.25, 0.3) is 0 Å². The summed E-state index contributed by atoms with van der Waals surface area (Å²) in [6.07, 6.45) is 1.09. The van der Waals surface area contributed by atoms with Crippen molar-refractivity contribution in [3.63, 3.8) is 0 Å². The molecule has 0 radical (unpaired) electrons. The molecule has 0 nitrogen and oxygen atoms in total. The Morgan fingerprint density at radius 1 is 0.667 bits per heavy atom. The summed E-state index contributed by atoms with van der Waals surface area (Å²) in [5.41, 5.74) is 4.08. The summed E-state index contributed by atoms with van der Waals surface area (Å²) >= 11 is 0. The fourth-order valence-electron chi connectivity index (χ4n) is 1.73. The molecule has 0 atom stereocenters. The maximum atomic E-state index is 2.20. The van der Waals surface area contributed by atoms with Crippen LogP contribution in [0.3, 0.4) is 0 Å². The van der Waals surface area contributed by atoms with Crippen LogP contribution in [-0.2, 0) is 6.42 Å². The van der Waals surface area contributed by atoms with Gasteiger partial charge in [-0.1, -0.05) is 89.2 Å². The van der Waals surface area contributed by atoms with Gasteiger partial charge in [0.15, 0.2) is 0 Å². The number of benzene rings is 2. The minimum Gasteiger partial charge on any atom is -0.0683 e. The summed E-state index contributed by atoms with van der Waals surface area (Å²) in [4.78, 5) is 0. The monoisotopic (exact) mass is 242 g/mol. The molecule has 2 aromatic carbocycles. The summed E-state index contributed by atoms with van der Waals surface area (Å²) in [6, 6.07) is 19.1. The molecule has 2 aromatic rings. The molecule has 0 aliphatic rings. The Bertz CT molecular complexity index is 401. The Hall–Kier alpha value is -1.56. The third-order valence-corrected chi connectivity index (χ3v) is 2.48. The molecule has 0 heterocycles. The lowest BCUT2D eigenvalue weighted by atomic mass is 9.98. The minimum absolute atomic E-state index is 1.09. The molecule has 0 unspecified atom stereocenters. The van der Waals surface area contributed by atoms with Crippen molar-refractivity contribution in [2.24, 2.45) is 0 Å². The van der Waals surface area contributed by atoms with E-state index >= 15 is 0 Å². The van der Waals surface area contributed by atoms with Gasteiger partial charge in [0.2, 0.25) is 0 Å². The summed E-state index contributed by atoms with van der Waals surface area (Å²) < 4.78 is 0. The van der Waals surface area contributed by atoms with E-state index in [9.17, 15) is 0 Å². The predicted molar refractivity (Wildman–Crippen MR) is 84.0 cm³/mol. The first kappa shape index (κ1) is 16.4. The lowest BCUT2D eigenvalue weighted by Crippen LogP contribution is -1.85. The molecule has 0 bridgehead atoms. The van der Waals surface area contributed by atoms with E-state index in [2.05, 4.69) is 61.5 Å². The summed E-state index contributed by atoms with van der Waals surface area (Å²) in [5.74, 6) is 0. The van der Waals surface area contributed by atoms with E-state index in [4.69, 9.17) is 0 Å². The average molecular weight is 242 g/mol. The Morgan fingerprint density at radius 2 is 1.17 bits per heavy atom. The second-order valence-electron chi connectivity index (χ2n) is 3.38. The fourth-order valence-corrected chi connectivity index (χ4v) is 1.73. The van der Waals surface area contributed by atoms with Gasteiger partial charge in [-0.3, -0.25) is 0 Å². The number of rotatable bonds is 2. The maximum Gasteiger partial charge on any atom is -0.0152 e. The van der Waals surface area contributed by atoms with Crippen LogP contribution in [0.15, 0.2) is 54.6 Å². The Morgan fingerprint density at radius 3 is 1.72 bits per heavy atom. The van der Waals surface area contributed by atoms with Crippen molar-refractivity contribution in [1.82, 2.24) is 0 Å². The topological polar surface area (TPSA) is 0 Å². The molecule has 0 saturated carbocycles. The molecule has 0 amide bonds. The van der Waals surface area contributed by atoms with Gasteiger partial charge >= 0.3 is 0 Å². The largest absolute Gasteiger partial charge is 0.0683 e. The third-order valence-electron chi connectivity index (χ3n) is 2.48. The highest BCUT2D eigenvalue weighted by Gasteiger charge is 2.00. The van der Waals surface area contributed by atoms with Crippen molar-refractivity contribution in [3.05, 3.63) is 60.2 Å². The maximum absolute atomic E-state index is 2.20. The molecule has 0 aliphatic carbocycles. The summed E-state index contributed by atoms with van der Waals surface area (Å²) in [7, 11) is 0. The highest BCUT2D eigenvalue weighted by molar-refractivity contribution is 5.67. The van der Waals surface area contributed by atoms with Gasteiger partial charge in [-0.15, -0.1) is 0 Å². The zero-order chi connectivity index (χ0) is 13.8. The van der Waals surface area contributed by atoms with Gasteiger partial charge in [0, 0.05) is 0 Å². The van der Waals surface area contributed by atoms with Gasteiger partial charge in [0.05, 0.1) is 0 Å². The molecule has 0 spiro atoms. The van der Waals surface area contributed by atoms with Crippen molar-refractivity contribution in [1.29, 1.82) is 0 Å². The Labute approximate surface area is 113 Å². The molecule has 0 heteroatoms. The molecular weight excluding hydrogens is 216 g/mol. The average Bonchev–Trinajstić information content (AvgIpc) is 2.52. The fraction of sp³-hybridized carbons (Fsp3) is 0.333. The van der Waals surface area contributed by atoms with Gasteiger partial charge in [-0.05, 0) is 23.1 Å². The minimum atomic E-state index is 1.09. The molecule has 0 aliphatic heterocycles. The zero-order valence-electron chi connectivity index (χ0n) is 12.4. The van der Waals surface area contributed by atoms with Crippen LogP contribution in [0.5, 0.6) is 0 Å². The van der Waals surface area contributed by atoms with Crippen LogP contribution in [0.4, 0.5) is 0 Å². The second kappa shape index (κ2) is 10.6. The van der Waals surface area contributed by atoms with Crippen LogP contribution in [0.25, 0.3) is 11.1 Å². The SMILES string of the molecule is CC.CC.CCc1ccccc1-c1ccccc1. The highest BCUT2D eigenvalue weighted by Crippen LogP contribution is 2.23. The molecule has 0 fully saturated rings. The van der Waals surface area contributed by atoms with Gasteiger partial charge in [-0.25, -0.2) is 0 Å². The molecule has 2 rings (SSSR count). The van der Waals surface area contributed by atoms with Crippen molar-refractivity contribution in [3.8, 4) is 11.1 Å². The number of hydrogen-bond donors (Lipinski definition) is 0. The van der Waals surface area contributed by atoms with Crippen molar-refractivity contribution in [2.75, 3.05) is 0 Å². The number of hydrogen-bond acceptors (Lipinski definition) is 0. The molecular formula is C18H26. The normalized spacial score (nSPS) is 8.50. The Balaban J connectivity index is 0.000000659. The van der Waals surface area contributed by atoms with Crippen molar-refractivity contribution >= 4 is 0 Å². The molecule has 18 heavy (non-hydrogen) atoms. The van der Waals surface area contributed by atoms with Crippen LogP contribution in [0.1, 0.15) is 40.2 Å². The molecule has 0 aromatic heterocycles. The highest BCUT2D eigenvalue weighted by atomic mass is 14.0. The van der Waals surface area contributed by atoms with E-state index in [1.807, 2.05) is 27.7 Å². The van der Waals surface area contributed by atoms with Gasteiger partial charge in [-0.2, -0.15) is 0 Å². The summed E-state index contributed by atoms with van der Waals surface area (Å²) in [5, 5.41) is 0. The van der Waals surface area contributed by atoms with Gasteiger partial charge < -0.3 is 0 Å². The Kier molecular flexibility index (Phi) is 9.67. The van der Waals surface area contributed by atoms with E-state index in [0.29, 0.717) is 0 Å². The molecule has 0 N–H and O–H groups in total. The van der Waals surface area contributed by atoms with Crippen LogP contribution >= 0.6 is 0 Å². The first-order valence-electron chi connectivity index (χ1n) is 7.05. The predicted octanol–water partition coefficient (Wildman–Crippen LogP) is 5.97. The van der Waals surface area contributed by atoms with Crippen LogP contribution in [0, 0.1) is 0 Å². The van der Waals surface area contributed by atoms with E-state index in [1.54, 1.807) is 0 Å². The van der Waals surface area contributed by atoms with E-state index in [-0.39, 0.29) is 0 Å². The van der Waals surface area contributed by atoms with E-state index in [0.717, 1.165) is 6.42 Å². The van der Waals surface area contributed by atoms with Gasteiger partial charge in [0.1, 0.15) is 0 Å². The van der Waals surface area contributed by atoms with E-state index < -0.39 is 0 Å². The first-order valence-corrected chi connectivity index (χ1v) is 7.05.